The van der Waals surface area contributed by atoms with Gasteiger partial charge in [-0.15, -0.1) is 22.7 Å². The smallest absolute Gasteiger partial charge is 0.264 e. The first-order chi connectivity index (χ1) is 12.7. The van der Waals surface area contributed by atoms with E-state index >= 15 is 0 Å². The lowest BCUT2D eigenvalue weighted by Crippen LogP contribution is -2.52. The van der Waals surface area contributed by atoms with Crippen LogP contribution in [0.3, 0.4) is 0 Å². The number of amides is 2. The van der Waals surface area contributed by atoms with E-state index in [0.717, 1.165) is 32.9 Å². The van der Waals surface area contributed by atoms with Crippen LogP contribution in [0.2, 0.25) is 0 Å². The van der Waals surface area contributed by atoms with Gasteiger partial charge in [-0.2, -0.15) is 0 Å². The van der Waals surface area contributed by atoms with Crippen molar-refractivity contribution in [1.82, 2.24) is 14.8 Å². The van der Waals surface area contributed by atoms with Gasteiger partial charge in [-0.25, -0.2) is 4.98 Å². The van der Waals surface area contributed by atoms with Crippen LogP contribution in [-0.4, -0.2) is 52.3 Å². The zero-order chi connectivity index (χ0) is 17.7. The van der Waals surface area contributed by atoms with Gasteiger partial charge in [-0.3, -0.25) is 9.59 Å². The summed E-state index contributed by atoms with van der Waals surface area (Å²) < 4.78 is 1.14. The van der Waals surface area contributed by atoms with E-state index in [1.165, 1.54) is 11.3 Å². The standard InChI is InChI=1S/C19H17N3O2S2/c23-17-11-21(9-10-22(17)12-5-6-12)19(24)16-8-7-15(25-16)18-20-13-3-1-2-4-14(13)26-18/h1-4,7-8,12H,5-6,9-11H2. The first-order valence-electron chi connectivity index (χ1n) is 8.73. The second-order valence-corrected chi connectivity index (χ2v) is 8.81. The molecule has 0 spiro atoms. The van der Waals surface area contributed by atoms with Crippen molar-refractivity contribution in [3.63, 3.8) is 0 Å². The van der Waals surface area contributed by atoms with Crippen LogP contribution in [0.1, 0.15) is 22.5 Å². The Morgan fingerprint density at radius 3 is 2.69 bits per heavy atom. The third-order valence-electron chi connectivity index (χ3n) is 4.85. The highest BCUT2D eigenvalue weighted by Crippen LogP contribution is 2.35. The van der Waals surface area contributed by atoms with Crippen LogP contribution in [0.4, 0.5) is 0 Å². The fourth-order valence-electron chi connectivity index (χ4n) is 3.33. The van der Waals surface area contributed by atoms with Crippen molar-refractivity contribution < 1.29 is 9.59 Å². The summed E-state index contributed by atoms with van der Waals surface area (Å²) in [5.41, 5.74) is 0.982. The van der Waals surface area contributed by atoms with Gasteiger partial charge in [-0.1, -0.05) is 12.1 Å². The number of piperazine rings is 1. The Balaban J connectivity index is 1.34. The quantitative estimate of drug-likeness (QED) is 0.696. The summed E-state index contributed by atoms with van der Waals surface area (Å²) in [5, 5.41) is 0.935. The van der Waals surface area contributed by atoms with Crippen LogP contribution in [-0.2, 0) is 4.79 Å². The van der Waals surface area contributed by atoms with Crippen LogP contribution in [0.15, 0.2) is 36.4 Å². The van der Waals surface area contributed by atoms with Crippen molar-refractivity contribution in [2.24, 2.45) is 0 Å². The zero-order valence-electron chi connectivity index (χ0n) is 14.1. The molecule has 0 bridgehead atoms. The molecule has 0 radical (unpaired) electrons. The van der Waals surface area contributed by atoms with Crippen LogP contribution in [0.5, 0.6) is 0 Å². The Hall–Kier alpha value is -2.25. The van der Waals surface area contributed by atoms with E-state index in [2.05, 4.69) is 11.1 Å². The SMILES string of the molecule is O=C(c1ccc(-c2nc3ccccc3s2)s1)N1CCN(C2CC2)C(=O)C1. The van der Waals surface area contributed by atoms with E-state index in [1.807, 2.05) is 35.2 Å². The van der Waals surface area contributed by atoms with Crippen LogP contribution >= 0.6 is 22.7 Å². The minimum absolute atomic E-state index is 0.0499. The maximum atomic E-state index is 12.8. The van der Waals surface area contributed by atoms with E-state index in [4.69, 9.17) is 0 Å². The Morgan fingerprint density at radius 2 is 1.92 bits per heavy atom. The third-order valence-corrected chi connectivity index (χ3v) is 7.13. The summed E-state index contributed by atoms with van der Waals surface area (Å²) in [7, 11) is 0. The predicted octanol–water partition coefficient (Wildman–Crippen LogP) is 3.47. The number of rotatable bonds is 3. The summed E-state index contributed by atoms with van der Waals surface area (Å²) in [6.45, 7) is 1.48. The molecule has 1 aromatic carbocycles. The van der Waals surface area contributed by atoms with Gasteiger partial charge in [0.25, 0.3) is 5.91 Å². The molecule has 1 aliphatic heterocycles. The highest BCUT2D eigenvalue weighted by molar-refractivity contribution is 7.26. The Labute approximate surface area is 158 Å². The summed E-state index contributed by atoms with van der Waals surface area (Å²) >= 11 is 3.09. The van der Waals surface area contributed by atoms with Gasteiger partial charge >= 0.3 is 0 Å². The van der Waals surface area contributed by atoms with E-state index in [-0.39, 0.29) is 18.4 Å². The summed E-state index contributed by atoms with van der Waals surface area (Å²) in [4.78, 5) is 35.0. The molecule has 3 heterocycles. The molecular weight excluding hydrogens is 366 g/mol. The van der Waals surface area contributed by atoms with E-state index in [1.54, 1.807) is 16.2 Å². The maximum Gasteiger partial charge on any atom is 0.264 e. The van der Waals surface area contributed by atoms with Crippen molar-refractivity contribution in [2.75, 3.05) is 19.6 Å². The highest BCUT2D eigenvalue weighted by atomic mass is 32.1. The summed E-state index contributed by atoms with van der Waals surface area (Å²) in [5.74, 6) is 0.0289. The summed E-state index contributed by atoms with van der Waals surface area (Å²) in [6.07, 6.45) is 2.21. The molecule has 7 heteroatoms. The van der Waals surface area contributed by atoms with Crippen molar-refractivity contribution in [3.05, 3.63) is 41.3 Å². The monoisotopic (exact) mass is 383 g/mol. The number of aromatic nitrogens is 1. The number of nitrogens with zero attached hydrogens (tertiary/aromatic N) is 3. The van der Waals surface area contributed by atoms with E-state index in [0.29, 0.717) is 24.0 Å². The largest absolute Gasteiger partial charge is 0.336 e. The number of benzene rings is 1. The molecule has 2 aromatic heterocycles. The zero-order valence-corrected chi connectivity index (χ0v) is 15.7. The number of hydrogen-bond acceptors (Lipinski definition) is 5. The molecule has 0 N–H and O–H groups in total. The molecule has 2 aliphatic rings. The molecule has 3 aromatic rings. The minimum Gasteiger partial charge on any atom is -0.336 e. The Kier molecular flexibility index (Phi) is 3.79. The first kappa shape index (κ1) is 16.0. The number of hydrogen-bond donors (Lipinski definition) is 0. The highest BCUT2D eigenvalue weighted by Gasteiger charge is 2.37. The lowest BCUT2D eigenvalue weighted by molar-refractivity contribution is -0.135. The molecule has 2 amide bonds. The van der Waals surface area contributed by atoms with Crippen molar-refractivity contribution in [2.45, 2.75) is 18.9 Å². The van der Waals surface area contributed by atoms with Gasteiger partial charge in [0.15, 0.2) is 0 Å². The first-order valence-corrected chi connectivity index (χ1v) is 10.4. The van der Waals surface area contributed by atoms with Crippen molar-refractivity contribution >= 4 is 44.7 Å². The van der Waals surface area contributed by atoms with E-state index < -0.39 is 0 Å². The Bertz CT molecular complexity index is 972. The van der Waals surface area contributed by atoms with Crippen molar-refractivity contribution in [1.29, 1.82) is 0 Å². The molecular formula is C19H17N3O2S2. The molecule has 132 valence electrons. The molecule has 0 unspecified atom stereocenters. The van der Waals surface area contributed by atoms with Gasteiger partial charge in [-0.05, 0) is 37.1 Å². The second-order valence-electron chi connectivity index (χ2n) is 6.70. The number of thiazole rings is 1. The molecule has 1 saturated carbocycles. The number of carbonyl (C=O) groups is 2. The number of fused-ring (bicyclic) bond motifs is 1. The predicted molar refractivity (Wildman–Crippen MR) is 104 cm³/mol. The van der Waals surface area contributed by atoms with Crippen LogP contribution in [0, 0.1) is 0 Å². The third kappa shape index (κ3) is 2.81. The molecule has 5 rings (SSSR count). The van der Waals surface area contributed by atoms with Gasteiger partial charge in [0.1, 0.15) is 11.6 Å². The number of thiophene rings is 1. The molecule has 1 aliphatic carbocycles. The van der Waals surface area contributed by atoms with Gasteiger partial charge in [0.05, 0.1) is 20.0 Å². The fourth-order valence-corrected chi connectivity index (χ4v) is 5.33. The van der Waals surface area contributed by atoms with Crippen LogP contribution in [0.25, 0.3) is 20.1 Å². The fraction of sp³-hybridized carbons (Fsp3) is 0.316. The topological polar surface area (TPSA) is 53.5 Å². The maximum absolute atomic E-state index is 12.8. The molecule has 1 saturated heterocycles. The lowest BCUT2D eigenvalue weighted by Gasteiger charge is -2.34. The van der Waals surface area contributed by atoms with Gasteiger partial charge in [0, 0.05) is 19.1 Å². The average molecular weight is 383 g/mol. The number of carbonyl (C=O) groups excluding carboxylic acids is 2. The van der Waals surface area contributed by atoms with Crippen LogP contribution < -0.4 is 0 Å². The molecule has 5 nitrogen and oxygen atoms in total. The minimum atomic E-state index is -0.0499. The Morgan fingerprint density at radius 1 is 1.08 bits per heavy atom. The number of para-hydroxylation sites is 1. The van der Waals surface area contributed by atoms with Gasteiger partial charge < -0.3 is 9.80 Å². The van der Waals surface area contributed by atoms with E-state index in [9.17, 15) is 9.59 Å². The van der Waals surface area contributed by atoms with Crippen molar-refractivity contribution in [3.8, 4) is 9.88 Å². The van der Waals surface area contributed by atoms with Gasteiger partial charge in [0.2, 0.25) is 5.91 Å². The average Bonchev–Trinajstić information content (AvgIpc) is 3.20. The summed E-state index contributed by atoms with van der Waals surface area (Å²) in [6, 6.07) is 12.3. The second kappa shape index (κ2) is 6.17. The molecule has 26 heavy (non-hydrogen) atoms. The molecule has 2 fully saturated rings. The molecule has 0 atom stereocenters. The lowest BCUT2D eigenvalue weighted by atomic mass is 10.2. The normalized spacial score (nSPS) is 17.9.